The molecule has 0 saturated heterocycles. The van der Waals surface area contributed by atoms with Crippen LogP contribution in [0, 0.1) is 0 Å². The Morgan fingerprint density at radius 3 is 2.50 bits per heavy atom. The Labute approximate surface area is 116 Å². The highest BCUT2D eigenvalue weighted by Crippen LogP contribution is 2.03. The van der Waals surface area contributed by atoms with Gasteiger partial charge in [-0.3, -0.25) is 0 Å². The molecule has 0 aliphatic heterocycles. The molecule has 18 heavy (non-hydrogen) atoms. The number of halogens is 1. The molecule has 0 aliphatic carbocycles. The second kappa shape index (κ2) is 11.5. The standard InChI is InChI=1S/C15H24ClNO/c16-10-14-18-13-6-12-17-11-5-4-9-15-7-2-1-3-8-15/h1-3,7-8,17H,4-6,9-14H2. The van der Waals surface area contributed by atoms with Crippen LogP contribution in [0.15, 0.2) is 30.3 Å². The Hall–Kier alpha value is -0.570. The van der Waals surface area contributed by atoms with Crippen LogP contribution in [-0.4, -0.2) is 32.2 Å². The van der Waals surface area contributed by atoms with E-state index in [1.165, 1.54) is 24.8 Å². The third-order valence-electron chi connectivity index (χ3n) is 2.78. The molecule has 102 valence electrons. The maximum atomic E-state index is 5.51. The number of ether oxygens (including phenoxy) is 1. The van der Waals surface area contributed by atoms with Crippen LogP contribution in [0.4, 0.5) is 0 Å². The summed E-state index contributed by atoms with van der Waals surface area (Å²) in [6.45, 7) is 3.61. The summed E-state index contributed by atoms with van der Waals surface area (Å²) in [4.78, 5) is 0. The van der Waals surface area contributed by atoms with Gasteiger partial charge in [-0.05, 0) is 44.3 Å². The molecule has 0 aromatic heterocycles. The molecule has 0 saturated carbocycles. The monoisotopic (exact) mass is 269 g/mol. The van der Waals surface area contributed by atoms with Crippen LogP contribution in [0.25, 0.3) is 0 Å². The summed E-state index contributed by atoms with van der Waals surface area (Å²) in [6, 6.07) is 10.7. The number of hydrogen-bond donors (Lipinski definition) is 1. The van der Waals surface area contributed by atoms with E-state index in [1.807, 2.05) is 0 Å². The van der Waals surface area contributed by atoms with Crippen molar-refractivity contribution >= 4 is 11.6 Å². The predicted octanol–water partition coefficient (Wildman–Crippen LogP) is 3.24. The van der Waals surface area contributed by atoms with Crippen LogP contribution in [0.1, 0.15) is 24.8 Å². The number of alkyl halides is 1. The Balaban J connectivity index is 1.82. The van der Waals surface area contributed by atoms with Crippen molar-refractivity contribution in [3.63, 3.8) is 0 Å². The number of hydrogen-bond acceptors (Lipinski definition) is 2. The summed E-state index contributed by atoms with van der Waals surface area (Å²) in [5.41, 5.74) is 1.44. The molecule has 0 amide bonds. The van der Waals surface area contributed by atoms with Crippen molar-refractivity contribution in [1.82, 2.24) is 5.32 Å². The largest absolute Gasteiger partial charge is 0.380 e. The van der Waals surface area contributed by atoms with Gasteiger partial charge in [0.1, 0.15) is 0 Å². The van der Waals surface area contributed by atoms with Crippen molar-refractivity contribution in [3.05, 3.63) is 35.9 Å². The lowest BCUT2D eigenvalue weighted by molar-refractivity contribution is 0.146. The number of rotatable bonds is 11. The molecule has 1 aromatic carbocycles. The van der Waals surface area contributed by atoms with Crippen molar-refractivity contribution in [3.8, 4) is 0 Å². The van der Waals surface area contributed by atoms with Gasteiger partial charge in [-0.1, -0.05) is 30.3 Å². The lowest BCUT2D eigenvalue weighted by Crippen LogP contribution is -2.18. The van der Waals surface area contributed by atoms with Gasteiger partial charge in [-0.2, -0.15) is 0 Å². The van der Waals surface area contributed by atoms with Gasteiger partial charge in [0, 0.05) is 12.5 Å². The third kappa shape index (κ3) is 8.51. The van der Waals surface area contributed by atoms with Crippen molar-refractivity contribution in [2.75, 3.05) is 32.2 Å². The number of benzene rings is 1. The van der Waals surface area contributed by atoms with Crippen LogP contribution in [0.5, 0.6) is 0 Å². The first-order valence-electron chi connectivity index (χ1n) is 6.82. The van der Waals surface area contributed by atoms with Crippen LogP contribution >= 0.6 is 11.6 Å². The van der Waals surface area contributed by atoms with Crippen LogP contribution in [0.3, 0.4) is 0 Å². The highest BCUT2D eigenvalue weighted by atomic mass is 35.5. The molecular weight excluding hydrogens is 246 g/mol. The Kier molecular flexibility index (Phi) is 9.91. The summed E-state index contributed by atoms with van der Waals surface area (Å²) in [6.07, 6.45) is 4.73. The van der Waals surface area contributed by atoms with Gasteiger partial charge < -0.3 is 10.1 Å². The quantitative estimate of drug-likeness (QED) is 0.492. The second-order valence-corrected chi connectivity index (χ2v) is 4.73. The van der Waals surface area contributed by atoms with Crippen LogP contribution in [0.2, 0.25) is 0 Å². The zero-order valence-corrected chi connectivity index (χ0v) is 11.8. The zero-order chi connectivity index (χ0) is 12.9. The second-order valence-electron chi connectivity index (χ2n) is 4.35. The van der Waals surface area contributed by atoms with Crippen molar-refractivity contribution in [1.29, 1.82) is 0 Å². The normalized spacial score (nSPS) is 10.7. The van der Waals surface area contributed by atoms with E-state index in [2.05, 4.69) is 35.6 Å². The minimum atomic E-state index is 0.590. The van der Waals surface area contributed by atoms with Crippen molar-refractivity contribution in [2.45, 2.75) is 25.7 Å². The molecule has 0 aliphatic rings. The molecule has 0 atom stereocenters. The Morgan fingerprint density at radius 2 is 1.72 bits per heavy atom. The average Bonchev–Trinajstić information content (AvgIpc) is 2.42. The minimum Gasteiger partial charge on any atom is -0.380 e. The van der Waals surface area contributed by atoms with Gasteiger partial charge in [-0.15, -0.1) is 11.6 Å². The Bertz CT molecular complexity index is 279. The van der Waals surface area contributed by atoms with E-state index in [-0.39, 0.29) is 0 Å². The molecule has 0 heterocycles. The molecule has 0 radical (unpaired) electrons. The average molecular weight is 270 g/mol. The molecule has 2 nitrogen and oxygen atoms in total. The molecule has 0 unspecified atom stereocenters. The summed E-state index contributed by atoms with van der Waals surface area (Å²) < 4.78 is 5.30. The molecule has 3 heteroatoms. The fourth-order valence-electron chi connectivity index (χ4n) is 1.80. The van der Waals surface area contributed by atoms with E-state index in [1.54, 1.807) is 0 Å². The van der Waals surface area contributed by atoms with Gasteiger partial charge in [0.25, 0.3) is 0 Å². The van der Waals surface area contributed by atoms with Crippen molar-refractivity contribution in [2.24, 2.45) is 0 Å². The number of unbranched alkanes of at least 4 members (excludes halogenated alkanes) is 1. The SMILES string of the molecule is ClCCOCCCNCCCCc1ccccc1. The fraction of sp³-hybridized carbons (Fsp3) is 0.600. The van der Waals surface area contributed by atoms with Gasteiger partial charge in [-0.25, -0.2) is 0 Å². The van der Waals surface area contributed by atoms with E-state index >= 15 is 0 Å². The smallest absolute Gasteiger partial charge is 0.0601 e. The lowest BCUT2D eigenvalue weighted by Gasteiger charge is -2.05. The number of aryl methyl sites for hydroxylation is 1. The van der Waals surface area contributed by atoms with E-state index in [0.29, 0.717) is 12.5 Å². The first kappa shape index (κ1) is 15.5. The molecule has 1 rings (SSSR count). The molecule has 1 aromatic rings. The van der Waals surface area contributed by atoms with Crippen molar-refractivity contribution < 1.29 is 4.74 Å². The van der Waals surface area contributed by atoms with E-state index in [0.717, 1.165) is 26.1 Å². The molecule has 0 spiro atoms. The highest BCUT2D eigenvalue weighted by molar-refractivity contribution is 6.17. The van der Waals surface area contributed by atoms with Gasteiger partial charge in [0.05, 0.1) is 6.61 Å². The van der Waals surface area contributed by atoms with Crippen LogP contribution < -0.4 is 5.32 Å². The summed E-state index contributed by atoms with van der Waals surface area (Å²) in [5, 5.41) is 3.44. The first-order valence-corrected chi connectivity index (χ1v) is 7.35. The minimum absolute atomic E-state index is 0.590. The van der Waals surface area contributed by atoms with E-state index in [9.17, 15) is 0 Å². The predicted molar refractivity (Wildman–Crippen MR) is 78.4 cm³/mol. The molecule has 0 fully saturated rings. The molecular formula is C15H24ClNO. The van der Waals surface area contributed by atoms with Gasteiger partial charge >= 0.3 is 0 Å². The van der Waals surface area contributed by atoms with Crippen LogP contribution in [-0.2, 0) is 11.2 Å². The third-order valence-corrected chi connectivity index (χ3v) is 2.93. The summed E-state index contributed by atoms with van der Waals surface area (Å²) in [7, 11) is 0. The fourth-order valence-corrected chi connectivity index (χ4v) is 1.91. The highest BCUT2D eigenvalue weighted by Gasteiger charge is 1.93. The zero-order valence-electron chi connectivity index (χ0n) is 11.0. The lowest BCUT2D eigenvalue weighted by atomic mass is 10.1. The van der Waals surface area contributed by atoms with Gasteiger partial charge in [0.15, 0.2) is 0 Å². The maximum Gasteiger partial charge on any atom is 0.0601 e. The van der Waals surface area contributed by atoms with Gasteiger partial charge in [0.2, 0.25) is 0 Å². The van der Waals surface area contributed by atoms with E-state index in [4.69, 9.17) is 16.3 Å². The molecule has 0 bridgehead atoms. The topological polar surface area (TPSA) is 21.3 Å². The summed E-state index contributed by atoms with van der Waals surface area (Å²) in [5.74, 6) is 0.590. The molecule has 1 N–H and O–H groups in total. The number of nitrogens with one attached hydrogen (secondary N) is 1. The maximum absolute atomic E-state index is 5.51. The summed E-state index contributed by atoms with van der Waals surface area (Å²) >= 11 is 5.51. The first-order chi connectivity index (χ1) is 8.93. The van der Waals surface area contributed by atoms with E-state index < -0.39 is 0 Å². The Morgan fingerprint density at radius 1 is 0.944 bits per heavy atom.